The molecule has 0 fully saturated rings. The number of fused-ring (bicyclic) bond motifs is 1. The van der Waals surface area contributed by atoms with Crippen LogP contribution in [0.15, 0.2) is 34.9 Å². The fourth-order valence-electron chi connectivity index (χ4n) is 2.35. The van der Waals surface area contributed by atoms with E-state index < -0.39 is 0 Å². The molecule has 20 heavy (non-hydrogen) atoms. The molecule has 1 aliphatic rings. The van der Waals surface area contributed by atoms with E-state index in [1.807, 2.05) is 26.0 Å². The number of aryl methyl sites for hydroxylation is 2. The second-order valence-corrected chi connectivity index (χ2v) is 5.53. The molecular weight excluding hydrogens is 320 g/mol. The fraction of sp³-hybridized carbons (Fsp3) is 0.133. The summed E-state index contributed by atoms with van der Waals surface area (Å²) in [7, 11) is 0. The molecule has 0 unspecified atom stereocenters. The minimum atomic E-state index is -0.369. The van der Waals surface area contributed by atoms with Crippen molar-refractivity contribution in [3.63, 3.8) is 0 Å². The third-order valence-corrected chi connectivity index (χ3v) is 4.58. The van der Waals surface area contributed by atoms with Gasteiger partial charge in [0.2, 0.25) is 0 Å². The number of carbonyl (C=O) groups is 2. The Morgan fingerprint density at radius 2 is 1.75 bits per heavy atom. The third kappa shape index (κ3) is 1.78. The van der Waals surface area contributed by atoms with Gasteiger partial charge < -0.3 is 0 Å². The van der Waals surface area contributed by atoms with Crippen LogP contribution in [0, 0.1) is 13.8 Å². The van der Waals surface area contributed by atoms with Crippen molar-refractivity contribution in [2.75, 3.05) is 4.90 Å². The molecule has 4 nitrogen and oxygen atoms in total. The Morgan fingerprint density at radius 1 is 1.10 bits per heavy atom. The number of anilines is 1. The molecule has 1 aliphatic heterocycles. The van der Waals surface area contributed by atoms with Gasteiger partial charge in [-0.3, -0.25) is 14.6 Å². The highest BCUT2D eigenvalue weighted by atomic mass is 79.9. The molecule has 0 atom stereocenters. The maximum Gasteiger partial charge on any atom is 0.284 e. The van der Waals surface area contributed by atoms with Crippen LogP contribution in [0.4, 0.5) is 5.69 Å². The van der Waals surface area contributed by atoms with Crippen molar-refractivity contribution in [1.82, 2.24) is 4.98 Å². The molecule has 0 bridgehead atoms. The Kier molecular flexibility index (Phi) is 2.94. The number of hydrogen-bond donors (Lipinski definition) is 0. The number of halogens is 1. The summed E-state index contributed by atoms with van der Waals surface area (Å²) in [4.78, 5) is 29.9. The highest BCUT2D eigenvalue weighted by Gasteiger charge is 2.37. The van der Waals surface area contributed by atoms with E-state index in [2.05, 4.69) is 20.9 Å². The fourth-order valence-corrected chi connectivity index (χ4v) is 2.58. The Labute approximate surface area is 124 Å². The molecule has 2 heterocycles. The van der Waals surface area contributed by atoms with Crippen LogP contribution in [-0.4, -0.2) is 16.8 Å². The summed E-state index contributed by atoms with van der Waals surface area (Å²) < 4.78 is 0.982. The Bertz CT molecular complexity index is 697. The van der Waals surface area contributed by atoms with E-state index in [1.54, 1.807) is 12.1 Å². The standard InChI is InChI=1S/C15H11BrN2O2/c1-8-6-10(7-9(2)12(8)16)18-14(19)11-4-3-5-17-13(11)15(18)20/h3-7H,1-2H3. The monoisotopic (exact) mass is 330 g/mol. The van der Waals surface area contributed by atoms with E-state index in [-0.39, 0.29) is 17.5 Å². The zero-order valence-corrected chi connectivity index (χ0v) is 12.6. The van der Waals surface area contributed by atoms with Crippen molar-refractivity contribution in [1.29, 1.82) is 0 Å². The first-order valence-corrected chi connectivity index (χ1v) is 6.90. The lowest BCUT2D eigenvalue weighted by Crippen LogP contribution is -2.29. The average molecular weight is 331 g/mol. The molecular formula is C15H11BrN2O2. The van der Waals surface area contributed by atoms with E-state index in [0.717, 1.165) is 15.6 Å². The maximum atomic E-state index is 12.4. The lowest BCUT2D eigenvalue weighted by Gasteiger charge is -2.16. The van der Waals surface area contributed by atoms with Crippen LogP contribution in [0.3, 0.4) is 0 Å². The summed E-state index contributed by atoms with van der Waals surface area (Å²) in [6, 6.07) is 6.92. The van der Waals surface area contributed by atoms with Crippen LogP contribution in [-0.2, 0) is 0 Å². The molecule has 1 aromatic heterocycles. The molecule has 2 aromatic rings. The van der Waals surface area contributed by atoms with Gasteiger partial charge >= 0.3 is 0 Å². The van der Waals surface area contributed by atoms with Gasteiger partial charge in [0, 0.05) is 10.7 Å². The van der Waals surface area contributed by atoms with E-state index in [4.69, 9.17) is 0 Å². The number of benzene rings is 1. The van der Waals surface area contributed by atoms with Gasteiger partial charge in [0.15, 0.2) is 0 Å². The molecule has 0 saturated carbocycles. The number of hydrogen-bond acceptors (Lipinski definition) is 3. The van der Waals surface area contributed by atoms with Gasteiger partial charge in [-0.15, -0.1) is 0 Å². The molecule has 0 spiro atoms. The highest BCUT2D eigenvalue weighted by molar-refractivity contribution is 9.10. The van der Waals surface area contributed by atoms with Crippen molar-refractivity contribution in [3.05, 3.63) is 57.3 Å². The quantitative estimate of drug-likeness (QED) is 0.754. The summed E-state index contributed by atoms with van der Waals surface area (Å²) in [6.45, 7) is 3.86. The number of nitrogens with zero attached hydrogens (tertiary/aromatic N) is 2. The largest absolute Gasteiger partial charge is 0.284 e. The van der Waals surface area contributed by atoms with Crippen LogP contribution in [0.2, 0.25) is 0 Å². The van der Waals surface area contributed by atoms with E-state index >= 15 is 0 Å². The van der Waals surface area contributed by atoms with Gasteiger partial charge in [-0.1, -0.05) is 15.9 Å². The lowest BCUT2D eigenvalue weighted by molar-refractivity contribution is 0.0924. The van der Waals surface area contributed by atoms with Crippen molar-refractivity contribution < 1.29 is 9.59 Å². The summed E-state index contributed by atoms with van der Waals surface area (Å²) in [5.74, 6) is -0.689. The SMILES string of the molecule is Cc1cc(N2C(=O)c3cccnc3C2=O)cc(C)c1Br. The van der Waals surface area contributed by atoms with Crippen molar-refractivity contribution in [2.45, 2.75) is 13.8 Å². The highest BCUT2D eigenvalue weighted by Crippen LogP contribution is 2.31. The predicted octanol–water partition coefficient (Wildman–Crippen LogP) is 3.26. The summed E-state index contributed by atoms with van der Waals surface area (Å²) in [6.07, 6.45) is 1.52. The molecule has 100 valence electrons. The van der Waals surface area contributed by atoms with E-state index in [1.165, 1.54) is 11.1 Å². The normalized spacial score (nSPS) is 13.8. The number of aromatic nitrogens is 1. The van der Waals surface area contributed by atoms with Gasteiger partial charge in [0.25, 0.3) is 11.8 Å². The Hall–Kier alpha value is -2.01. The van der Waals surface area contributed by atoms with Crippen LogP contribution in [0.5, 0.6) is 0 Å². The van der Waals surface area contributed by atoms with Gasteiger partial charge in [-0.25, -0.2) is 4.90 Å². The summed E-state index contributed by atoms with van der Waals surface area (Å²) in [5, 5.41) is 0. The molecule has 0 aliphatic carbocycles. The van der Waals surface area contributed by atoms with Crippen molar-refractivity contribution in [3.8, 4) is 0 Å². The molecule has 2 amide bonds. The van der Waals surface area contributed by atoms with Crippen LogP contribution >= 0.6 is 15.9 Å². The van der Waals surface area contributed by atoms with Crippen molar-refractivity contribution >= 4 is 33.4 Å². The topological polar surface area (TPSA) is 50.3 Å². The molecule has 3 rings (SSSR count). The maximum absolute atomic E-state index is 12.4. The number of rotatable bonds is 1. The summed E-state index contributed by atoms with van der Waals surface area (Å²) in [5.41, 5.74) is 3.11. The second-order valence-electron chi connectivity index (χ2n) is 4.74. The van der Waals surface area contributed by atoms with Gasteiger partial charge in [-0.2, -0.15) is 0 Å². The molecule has 0 saturated heterocycles. The number of amides is 2. The van der Waals surface area contributed by atoms with Gasteiger partial charge in [-0.05, 0) is 49.2 Å². The smallest absolute Gasteiger partial charge is 0.268 e. The minimum absolute atomic E-state index is 0.218. The average Bonchev–Trinajstić information content (AvgIpc) is 2.68. The first-order chi connectivity index (χ1) is 9.50. The van der Waals surface area contributed by atoms with Crippen LogP contribution < -0.4 is 4.90 Å². The Balaban J connectivity index is 2.14. The van der Waals surface area contributed by atoms with Gasteiger partial charge in [0.1, 0.15) is 5.69 Å². The minimum Gasteiger partial charge on any atom is -0.268 e. The van der Waals surface area contributed by atoms with Gasteiger partial charge in [0.05, 0.1) is 11.3 Å². The molecule has 0 N–H and O–H groups in total. The summed E-state index contributed by atoms with van der Waals surface area (Å²) >= 11 is 3.48. The van der Waals surface area contributed by atoms with E-state index in [9.17, 15) is 9.59 Å². The number of carbonyl (C=O) groups excluding carboxylic acids is 2. The zero-order valence-electron chi connectivity index (χ0n) is 11.0. The molecule has 1 aromatic carbocycles. The van der Waals surface area contributed by atoms with Crippen LogP contribution in [0.1, 0.15) is 32.0 Å². The predicted molar refractivity (Wildman–Crippen MR) is 79.0 cm³/mol. The lowest BCUT2D eigenvalue weighted by atomic mass is 10.1. The van der Waals surface area contributed by atoms with Crippen molar-refractivity contribution in [2.24, 2.45) is 0 Å². The molecule has 5 heteroatoms. The second kappa shape index (κ2) is 4.52. The number of imide groups is 1. The van der Waals surface area contributed by atoms with E-state index in [0.29, 0.717) is 11.3 Å². The Morgan fingerprint density at radius 3 is 2.35 bits per heavy atom. The zero-order chi connectivity index (χ0) is 14.4. The van der Waals surface area contributed by atoms with Crippen LogP contribution in [0.25, 0.3) is 0 Å². The molecule has 0 radical (unpaired) electrons. The first-order valence-electron chi connectivity index (χ1n) is 6.11. The number of pyridine rings is 1. The third-order valence-electron chi connectivity index (χ3n) is 3.33. The first kappa shape index (κ1) is 13.0.